The molecule has 1 saturated heterocycles. The predicted molar refractivity (Wildman–Crippen MR) is 83.4 cm³/mol. The van der Waals surface area contributed by atoms with E-state index in [1.807, 2.05) is 0 Å². The number of sulfonamides is 1. The van der Waals surface area contributed by atoms with Crippen LogP contribution in [0, 0.1) is 0 Å². The summed E-state index contributed by atoms with van der Waals surface area (Å²) in [6.45, 7) is 7.03. The van der Waals surface area contributed by atoms with Gasteiger partial charge in [-0.3, -0.25) is 9.69 Å². The van der Waals surface area contributed by atoms with Crippen LogP contribution in [0.25, 0.3) is 0 Å². The van der Waals surface area contributed by atoms with Crippen LogP contribution in [-0.4, -0.2) is 54.2 Å². The van der Waals surface area contributed by atoms with Crippen molar-refractivity contribution in [3.8, 4) is 0 Å². The summed E-state index contributed by atoms with van der Waals surface area (Å²) in [7, 11) is -3.49. The molecule has 0 aliphatic carbocycles. The maximum absolute atomic E-state index is 12.3. The molecule has 2 atom stereocenters. The molecule has 0 aromatic rings. The SMILES string of the molecule is CC1=C(C(=O)OC(C)(C)C)N2C(=O)[C@@H](NS(C)(=O)=O)[C@H]2SC1. The summed E-state index contributed by atoms with van der Waals surface area (Å²) in [5, 5.41) is -0.409. The zero-order valence-electron chi connectivity index (χ0n) is 13.2. The first-order valence-corrected chi connectivity index (χ1v) is 9.70. The van der Waals surface area contributed by atoms with Gasteiger partial charge in [-0.05, 0) is 33.3 Å². The minimum Gasteiger partial charge on any atom is -0.455 e. The van der Waals surface area contributed by atoms with E-state index in [9.17, 15) is 18.0 Å². The second-order valence-electron chi connectivity index (χ2n) is 6.41. The first kappa shape index (κ1) is 17.3. The molecule has 9 heteroatoms. The Hall–Kier alpha value is -1.06. The largest absolute Gasteiger partial charge is 0.455 e. The fraction of sp³-hybridized carbons (Fsp3) is 0.692. The summed E-state index contributed by atoms with van der Waals surface area (Å²) in [6.07, 6.45) is 1.01. The Balaban J connectivity index is 2.23. The molecule has 0 bridgehead atoms. The van der Waals surface area contributed by atoms with Gasteiger partial charge in [0.05, 0.1) is 6.26 Å². The van der Waals surface area contributed by atoms with Gasteiger partial charge < -0.3 is 4.74 Å². The average Bonchev–Trinajstić information content (AvgIpc) is 2.32. The fourth-order valence-corrected chi connectivity index (χ4v) is 4.36. The van der Waals surface area contributed by atoms with Crippen molar-refractivity contribution in [3.63, 3.8) is 0 Å². The van der Waals surface area contributed by atoms with E-state index in [0.29, 0.717) is 5.75 Å². The molecule has 0 aromatic heterocycles. The molecule has 124 valence electrons. The molecule has 2 rings (SSSR count). The summed E-state index contributed by atoms with van der Waals surface area (Å²) >= 11 is 1.43. The molecule has 2 aliphatic rings. The number of fused-ring (bicyclic) bond motifs is 1. The third-order valence-electron chi connectivity index (χ3n) is 3.09. The number of rotatable bonds is 3. The third kappa shape index (κ3) is 3.47. The molecule has 0 saturated carbocycles. The van der Waals surface area contributed by atoms with Crippen molar-refractivity contribution >= 4 is 33.7 Å². The minimum atomic E-state index is -3.49. The quantitative estimate of drug-likeness (QED) is 0.587. The van der Waals surface area contributed by atoms with Crippen molar-refractivity contribution in [2.24, 2.45) is 0 Å². The molecule has 1 N–H and O–H groups in total. The van der Waals surface area contributed by atoms with Gasteiger partial charge in [0.2, 0.25) is 15.9 Å². The molecule has 2 heterocycles. The van der Waals surface area contributed by atoms with E-state index >= 15 is 0 Å². The minimum absolute atomic E-state index is 0.232. The number of carbonyl (C=O) groups excluding carboxylic acids is 2. The summed E-state index contributed by atoms with van der Waals surface area (Å²) in [5.41, 5.74) is 0.319. The highest BCUT2D eigenvalue weighted by Crippen LogP contribution is 2.40. The van der Waals surface area contributed by atoms with Crippen molar-refractivity contribution in [2.75, 3.05) is 12.0 Å². The third-order valence-corrected chi connectivity index (χ3v) is 5.20. The molecule has 0 spiro atoms. The van der Waals surface area contributed by atoms with E-state index in [2.05, 4.69) is 4.72 Å². The number of esters is 1. The van der Waals surface area contributed by atoms with Gasteiger partial charge in [-0.25, -0.2) is 13.2 Å². The van der Waals surface area contributed by atoms with Crippen molar-refractivity contribution in [2.45, 2.75) is 44.7 Å². The number of nitrogens with zero attached hydrogens (tertiary/aromatic N) is 1. The molecule has 0 unspecified atom stereocenters. The molecule has 0 radical (unpaired) electrons. The molecule has 2 aliphatic heterocycles. The van der Waals surface area contributed by atoms with Crippen LogP contribution in [0.5, 0.6) is 0 Å². The second kappa shape index (κ2) is 5.54. The maximum atomic E-state index is 12.3. The number of amides is 1. The molecular weight excluding hydrogens is 328 g/mol. The summed E-state index contributed by atoms with van der Waals surface area (Å²) in [5.74, 6) is -0.436. The van der Waals surface area contributed by atoms with Crippen molar-refractivity contribution < 1.29 is 22.7 Å². The molecular formula is C13H20N2O5S2. The van der Waals surface area contributed by atoms with Crippen molar-refractivity contribution in [1.82, 2.24) is 9.62 Å². The summed E-state index contributed by atoms with van der Waals surface area (Å²) in [6, 6.07) is -0.828. The van der Waals surface area contributed by atoms with Crippen LogP contribution in [0.15, 0.2) is 11.3 Å². The second-order valence-corrected chi connectivity index (χ2v) is 9.29. The normalized spacial score (nSPS) is 25.7. The fourth-order valence-electron chi connectivity index (χ4n) is 2.29. The van der Waals surface area contributed by atoms with E-state index in [0.717, 1.165) is 11.8 Å². The number of hydrogen-bond donors (Lipinski definition) is 1. The average molecular weight is 348 g/mol. The molecule has 0 aromatic carbocycles. The summed E-state index contributed by atoms with van der Waals surface area (Å²) < 4.78 is 30.3. The van der Waals surface area contributed by atoms with Gasteiger partial charge in [0.15, 0.2) is 0 Å². The van der Waals surface area contributed by atoms with Crippen LogP contribution in [0.1, 0.15) is 27.7 Å². The first-order valence-electron chi connectivity index (χ1n) is 6.76. The highest BCUT2D eigenvalue weighted by atomic mass is 32.2. The highest BCUT2D eigenvalue weighted by Gasteiger charge is 2.54. The lowest BCUT2D eigenvalue weighted by Gasteiger charge is -2.49. The van der Waals surface area contributed by atoms with Gasteiger partial charge in [0, 0.05) is 5.75 Å². The maximum Gasteiger partial charge on any atom is 0.355 e. The molecule has 22 heavy (non-hydrogen) atoms. The van der Waals surface area contributed by atoms with Gasteiger partial charge in [-0.1, -0.05) is 0 Å². The van der Waals surface area contributed by atoms with E-state index in [4.69, 9.17) is 4.74 Å². The van der Waals surface area contributed by atoms with Gasteiger partial charge in [-0.2, -0.15) is 4.72 Å². The Bertz CT molecular complexity index is 648. The zero-order chi connectivity index (χ0) is 16.9. The Morgan fingerprint density at radius 2 is 2.00 bits per heavy atom. The molecule has 1 fully saturated rings. The van der Waals surface area contributed by atoms with Crippen LogP contribution in [0.2, 0.25) is 0 Å². The zero-order valence-corrected chi connectivity index (χ0v) is 14.8. The van der Waals surface area contributed by atoms with E-state index in [-0.39, 0.29) is 5.70 Å². The van der Waals surface area contributed by atoms with Crippen molar-refractivity contribution in [3.05, 3.63) is 11.3 Å². The standard InChI is InChI=1S/C13H20N2O5S2/c1-7-6-21-11-8(14-22(5,18)19)10(16)15(11)9(7)12(17)20-13(2,3)4/h8,11,14H,6H2,1-5H3/t8-,11-/m1/s1. The van der Waals surface area contributed by atoms with E-state index in [1.54, 1.807) is 27.7 Å². The lowest BCUT2D eigenvalue weighted by Crippen LogP contribution is -2.70. The van der Waals surface area contributed by atoms with Gasteiger partial charge >= 0.3 is 5.97 Å². The lowest BCUT2D eigenvalue weighted by molar-refractivity contribution is -0.158. The Morgan fingerprint density at radius 1 is 1.41 bits per heavy atom. The number of thioether (sulfide) groups is 1. The first-order chi connectivity index (χ1) is 9.91. The van der Waals surface area contributed by atoms with Crippen LogP contribution in [-0.2, 0) is 24.3 Å². The lowest BCUT2D eigenvalue weighted by atomic mass is 10.0. The predicted octanol–water partition coefficient (Wildman–Crippen LogP) is 0.435. The van der Waals surface area contributed by atoms with Gasteiger partial charge in [0.25, 0.3) is 0 Å². The topological polar surface area (TPSA) is 92.8 Å². The van der Waals surface area contributed by atoms with E-state index in [1.165, 1.54) is 16.7 Å². The molecule has 7 nitrogen and oxygen atoms in total. The van der Waals surface area contributed by atoms with Crippen LogP contribution < -0.4 is 4.72 Å². The number of hydrogen-bond acceptors (Lipinski definition) is 6. The van der Waals surface area contributed by atoms with Crippen molar-refractivity contribution in [1.29, 1.82) is 0 Å². The highest BCUT2D eigenvalue weighted by molar-refractivity contribution is 8.00. The Kier molecular flexibility index (Phi) is 4.35. The number of β-lactam (4-membered cyclic amide) rings is 1. The van der Waals surface area contributed by atoms with Crippen LogP contribution in [0.3, 0.4) is 0 Å². The number of ether oxygens (including phenoxy) is 1. The van der Waals surface area contributed by atoms with Gasteiger partial charge in [0.1, 0.15) is 22.7 Å². The monoisotopic (exact) mass is 348 g/mol. The number of carbonyl (C=O) groups is 2. The molecule has 1 amide bonds. The smallest absolute Gasteiger partial charge is 0.355 e. The summed E-state index contributed by atoms with van der Waals surface area (Å²) in [4.78, 5) is 25.9. The van der Waals surface area contributed by atoms with E-state index < -0.39 is 38.9 Å². The Labute approximate surface area is 134 Å². The number of nitrogens with one attached hydrogen (secondary N) is 1. The van der Waals surface area contributed by atoms with Crippen LogP contribution in [0.4, 0.5) is 0 Å². The van der Waals surface area contributed by atoms with Crippen LogP contribution >= 0.6 is 11.8 Å². The van der Waals surface area contributed by atoms with Gasteiger partial charge in [-0.15, -0.1) is 11.8 Å². The Morgan fingerprint density at radius 3 is 2.50 bits per heavy atom.